The molecule has 0 aliphatic heterocycles. The van der Waals surface area contributed by atoms with Crippen molar-refractivity contribution in [1.82, 2.24) is 0 Å². The fourth-order valence-corrected chi connectivity index (χ4v) is 9.86. The summed E-state index contributed by atoms with van der Waals surface area (Å²) in [7, 11) is 0. The summed E-state index contributed by atoms with van der Waals surface area (Å²) in [6.45, 7) is 15.2. The Morgan fingerprint density at radius 2 is 1.56 bits per heavy atom. The summed E-state index contributed by atoms with van der Waals surface area (Å²) in [5.74, 6) is 1.65. The minimum absolute atomic E-state index is 0.0486. The first kappa shape index (κ1) is 23.9. The highest BCUT2D eigenvalue weighted by atomic mass is 16.5. The molecule has 34 heavy (non-hydrogen) atoms. The molecule has 0 N–H and O–H groups in total. The third-order valence-corrected chi connectivity index (χ3v) is 11.1. The lowest BCUT2D eigenvalue weighted by Gasteiger charge is -2.69. The molecule has 188 valence electrons. The van der Waals surface area contributed by atoms with Gasteiger partial charge in [-0.15, -0.1) is 0 Å². The van der Waals surface area contributed by atoms with Crippen LogP contribution in [0, 0.1) is 34.0 Å². The van der Waals surface area contributed by atoms with Crippen molar-refractivity contribution in [3.63, 3.8) is 0 Å². The van der Waals surface area contributed by atoms with Gasteiger partial charge in [-0.2, -0.15) is 0 Å². The molecule has 1 heterocycles. The molecule has 5 nitrogen and oxygen atoms in total. The second kappa shape index (κ2) is 7.61. The van der Waals surface area contributed by atoms with Crippen molar-refractivity contribution < 1.29 is 23.5 Å². The van der Waals surface area contributed by atoms with Gasteiger partial charge in [-0.1, -0.05) is 34.1 Å². The van der Waals surface area contributed by atoms with Crippen LogP contribution < -0.4 is 0 Å². The largest absolute Gasteiger partial charge is 0.468 e. The quantitative estimate of drug-likeness (QED) is 0.448. The molecule has 3 saturated carbocycles. The minimum atomic E-state index is -0.445. The van der Waals surface area contributed by atoms with Crippen LogP contribution in [0.15, 0.2) is 16.7 Å². The predicted molar refractivity (Wildman–Crippen MR) is 129 cm³/mol. The van der Waals surface area contributed by atoms with Gasteiger partial charge in [-0.25, -0.2) is 0 Å². The van der Waals surface area contributed by atoms with E-state index >= 15 is 0 Å². The molecule has 8 atom stereocenters. The molecule has 5 rings (SSSR count). The van der Waals surface area contributed by atoms with Crippen molar-refractivity contribution in [3.05, 3.63) is 23.7 Å². The number of esters is 2. The molecule has 0 bridgehead atoms. The predicted octanol–water partition coefficient (Wildman–Crippen LogP) is 6.75. The van der Waals surface area contributed by atoms with Gasteiger partial charge in [0.25, 0.3) is 0 Å². The number of carbonyl (C=O) groups excluding carboxylic acids is 2. The first-order valence-corrected chi connectivity index (χ1v) is 13.3. The summed E-state index contributed by atoms with van der Waals surface area (Å²) >= 11 is 0. The first-order valence-electron chi connectivity index (χ1n) is 13.3. The van der Waals surface area contributed by atoms with Gasteiger partial charge in [-0.05, 0) is 85.5 Å². The molecule has 1 aromatic heterocycles. The van der Waals surface area contributed by atoms with Crippen LogP contribution in [0.1, 0.15) is 111 Å². The van der Waals surface area contributed by atoms with Crippen LogP contribution in [0.25, 0.3) is 0 Å². The van der Waals surface area contributed by atoms with E-state index in [1.54, 1.807) is 6.26 Å². The van der Waals surface area contributed by atoms with E-state index in [1.807, 2.05) is 6.07 Å². The Balaban J connectivity index is 1.66. The number of rotatable bonds is 2. The molecular formula is C29H42O5. The maximum atomic E-state index is 12.4. The summed E-state index contributed by atoms with van der Waals surface area (Å²) in [5.41, 5.74) is 1.07. The fourth-order valence-electron chi connectivity index (χ4n) is 9.86. The fraction of sp³-hybridized carbons (Fsp3) is 0.793. The van der Waals surface area contributed by atoms with Gasteiger partial charge in [0.15, 0.2) is 0 Å². The van der Waals surface area contributed by atoms with Crippen LogP contribution >= 0.6 is 0 Å². The zero-order valence-corrected chi connectivity index (χ0v) is 22.0. The van der Waals surface area contributed by atoms with E-state index in [2.05, 4.69) is 34.6 Å². The van der Waals surface area contributed by atoms with Gasteiger partial charge in [-0.3, -0.25) is 9.59 Å². The van der Waals surface area contributed by atoms with E-state index in [0.29, 0.717) is 17.3 Å². The Kier molecular flexibility index (Phi) is 5.36. The molecule has 0 spiro atoms. The van der Waals surface area contributed by atoms with Crippen molar-refractivity contribution in [2.24, 2.45) is 34.0 Å². The number of fused-ring (bicyclic) bond motifs is 7. The van der Waals surface area contributed by atoms with Crippen LogP contribution in [0.4, 0.5) is 0 Å². The van der Waals surface area contributed by atoms with E-state index in [1.165, 1.54) is 39.5 Å². The zero-order chi connectivity index (χ0) is 24.7. The smallest absolute Gasteiger partial charge is 0.303 e. The average molecular weight is 471 g/mol. The van der Waals surface area contributed by atoms with Gasteiger partial charge in [0.1, 0.15) is 18.0 Å². The summed E-state index contributed by atoms with van der Waals surface area (Å²) < 4.78 is 18.2. The maximum absolute atomic E-state index is 12.4. The van der Waals surface area contributed by atoms with Gasteiger partial charge < -0.3 is 13.9 Å². The van der Waals surface area contributed by atoms with E-state index in [-0.39, 0.29) is 40.9 Å². The van der Waals surface area contributed by atoms with Crippen LogP contribution in [0.2, 0.25) is 0 Å². The van der Waals surface area contributed by atoms with Crippen LogP contribution in [-0.2, 0) is 24.5 Å². The third kappa shape index (κ3) is 3.17. The van der Waals surface area contributed by atoms with Crippen LogP contribution in [0.5, 0.6) is 0 Å². The van der Waals surface area contributed by atoms with Crippen LogP contribution in [0.3, 0.4) is 0 Å². The molecule has 3 unspecified atom stereocenters. The Labute approximate surface area is 204 Å². The molecule has 4 aliphatic rings. The monoisotopic (exact) mass is 470 g/mol. The lowest BCUT2D eigenvalue weighted by atomic mass is 9.35. The molecule has 1 aromatic rings. The highest BCUT2D eigenvalue weighted by molar-refractivity contribution is 5.67. The van der Waals surface area contributed by atoms with Gasteiger partial charge in [0.05, 0.1) is 11.7 Å². The average Bonchev–Trinajstić information content (AvgIpc) is 3.21. The highest BCUT2D eigenvalue weighted by Gasteiger charge is 2.69. The lowest BCUT2D eigenvalue weighted by molar-refractivity contribution is -0.224. The lowest BCUT2D eigenvalue weighted by Crippen LogP contribution is -2.67. The summed E-state index contributed by atoms with van der Waals surface area (Å²) in [5, 5.41) is 0. The normalized spacial score (nSPS) is 44.6. The number of carbonyl (C=O) groups is 2. The molecule has 0 radical (unpaired) electrons. The van der Waals surface area contributed by atoms with Gasteiger partial charge in [0, 0.05) is 19.4 Å². The van der Waals surface area contributed by atoms with E-state index < -0.39 is 5.41 Å². The summed E-state index contributed by atoms with van der Waals surface area (Å²) in [6.07, 6.45) is 8.90. The van der Waals surface area contributed by atoms with Crippen molar-refractivity contribution in [2.45, 2.75) is 111 Å². The number of hydrogen-bond acceptors (Lipinski definition) is 5. The minimum Gasteiger partial charge on any atom is -0.468 e. The highest BCUT2D eigenvalue weighted by Crippen LogP contribution is 2.73. The standard InChI is InChI=1S/C29H42O5/c1-17(30)33-20-15-23-28(6)13-9-21-26(3,4)11-8-12-27(21,5)22(28)16-24(34-18(2)31)29(23,7)25-19(20)10-14-32-25/h10,14,20-24H,8-9,11-13,15-16H2,1-7H3/t20-,21?,22?,23?,24-,27-,28+,29+/m0/s1. The second-order valence-corrected chi connectivity index (χ2v) is 13.2. The summed E-state index contributed by atoms with van der Waals surface area (Å²) in [4.78, 5) is 24.4. The van der Waals surface area contributed by atoms with Gasteiger partial charge in [0.2, 0.25) is 0 Å². The molecular weight excluding hydrogens is 428 g/mol. The molecule has 0 aromatic carbocycles. The Morgan fingerprint density at radius 1 is 0.882 bits per heavy atom. The Hall–Kier alpha value is -1.78. The number of hydrogen-bond donors (Lipinski definition) is 0. The van der Waals surface area contributed by atoms with Crippen molar-refractivity contribution >= 4 is 11.9 Å². The van der Waals surface area contributed by atoms with E-state index in [0.717, 1.165) is 30.6 Å². The molecule has 5 heteroatoms. The van der Waals surface area contributed by atoms with E-state index in [4.69, 9.17) is 13.9 Å². The molecule has 3 fully saturated rings. The molecule has 0 saturated heterocycles. The van der Waals surface area contributed by atoms with Gasteiger partial charge >= 0.3 is 11.9 Å². The topological polar surface area (TPSA) is 65.7 Å². The first-order chi connectivity index (χ1) is 15.8. The Bertz CT molecular complexity index is 992. The summed E-state index contributed by atoms with van der Waals surface area (Å²) in [6, 6.07) is 1.94. The number of ether oxygens (including phenoxy) is 2. The van der Waals surface area contributed by atoms with Crippen molar-refractivity contribution in [1.29, 1.82) is 0 Å². The Morgan fingerprint density at radius 3 is 2.24 bits per heavy atom. The SMILES string of the molecule is CC(=O)O[C@H]1CC2[C@]3(C)CCC4C(C)(C)CCC[C@]4(C)C3C[C@H](OC(C)=O)[C@]2(C)c2occc21. The third-order valence-electron chi connectivity index (χ3n) is 11.1. The second-order valence-electron chi connectivity index (χ2n) is 13.2. The van der Waals surface area contributed by atoms with Crippen LogP contribution in [-0.4, -0.2) is 18.0 Å². The van der Waals surface area contributed by atoms with Crippen molar-refractivity contribution in [2.75, 3.05) is 0 Å². The van der Waals surface area contributed by atoms with E-state index in [9.17, 15) is 9.59 Å². The molecule has 0 amide bonds. The van der Waals surface area contributed by atoms with Crippen molar-refractivity contribution in [3.8, 4) is 0 Å². The number of furan rings is 1. The molecule has 4 aliphatic carbocycles. The zero-order valence-electron chi connectivity index (χ0n) is 22.0. The maximum Gasteiger partial charge on any atom is 0.303 e.